The first-order valence-electron chi connectivity index (χ1n) is 6.18. The molecule has 1 N–H and O–H groups in total. The van der Waals surface area contributed by atoms with Crippen molar-refractivity contribution < 1.29 is 9.59 Å². The van der Waals surface area contributed by atoms with Gasteiger partial charge in [0.2, 0.25) is 0 Å². The summed E-state index contributed by atoms with van der Waals surface area (Å²) in [5, 5.41) is 3.18. The van der Waals surface area contributed by atoms with Gasteiger partial charge in [-0.15, -0.1) is 0 Å². The van der Waals surface area contributed by atoms with E-state index < -0.39 is 5.91 Å². The fourth-order valence-electron chi connectivity index (χ4n) is 2.19. The lowest BCUT2D eigenvalue weighted by Gasteiger charge is -2.18. The lowest BCUT2D eigenvalue weighted by atomic mass is 9.93. The van der Waals surface area contributed by atoms with Crippen LogP contribution in [-0.4, -0.2) is 11.8 Å². The van der Waals surface area contributed by atoms with Crippen molar-refractivity contribution in [2.24, 2.45) is 0 Å². The van der Waals surface area contributed by atoms with Gasteiger partial charge in [-0.3, -0.25) is 14.9 Å². The fraction of sp³-hybridized carbons (Fsp3) is 0. The average Bonchev–Trinajstić information content (AvgIpc) is 2.47. The number of fused-ring (bicyclic) bond motifs is 1. The van der Waals surface area contributed by atoms with Crippen molar-refractivity contribution in [2.45, 2.75) is 0 Å². The molecule has 5 heteroatoms. The third kappa shape index (κ3) is 2.58. The molecule has 0 fully saturated rings. The van der Waals surface area contributed by atoms with Crippen LogP contribution in [0.2, 0.25) is 10.0 Å². The molecule has 2 aromatic carbocycles. The number of hydrogen-bond donors (Lipinski definition) is 1. The molecule has 3 rings (SSSR count). The first-order valence-corrected chi connectivity index (χ1v) is 6.93. The zero-order chi connectivity index (χ0) is 15.0. The van der Waals surface area contributed by atoms with Gasteiger partial charge < -0.3 is 0 Å². The fourth-order valence-corrected chi connectivity index (χ4v) is 2.49. The minimum Gasteiger partial charge on any atom is -0.288 e. The van der Waals surface area contributed by atoms with E-state index in [1.54, 1.807) is 48.5 Å². The highest BCUT2D eigenvalue weighted by molar-refractivity contribution is 6.42. The smallest absolute Gasteiger partial charge is 0.258 e. The predicted octanol–water partition coefficient (Wildman–Crippen LogP) is 3.80. The van der Waals surface area contributed by atoms with Gasteiger partial charge in [0.15, 0.2) is 0 Å². The molecule has 0 unspecified atom stereocenters. The van der Waals surface area contributed by atoms with E-state index in [-0.39, 0.29) is 5.91 Å². The maximum atomic E-state index is 12.1. The van der Waals surface area contributed by atoms with E-state index in [1.165, 1.54) is 0 Å². The Morgan fingerprint density at radius 2 is 1.57 bits per heavy atom. The summed E-state index contributed by atoms with van der Waals surface area (Å²) < 4.78 is 0. The number of carbonyl (C=O) groups excluding carboxylic acids is 2. The summed E-state index contributed by atoms with van der Waals surface area (Å²) in [5.41, 5.74) is 2.24. The van der Waals surface area contributed by atoms with Crippen molar-refractivity contribution in [2.75, 3.05) is 0 Å². The minimum absolute atomic E-state index is 0.387. The van der Waals surface area contributed by atoms with E-state index in [9.17, 15) is 9.59 Å². The summed E-state index contributed by atoms with van der Waals surface area (Å²) >= 11 is 11.9. The quantitative estimate of drug-likeness (QED) is 0.642. The number of benzene rings is 2. The van der Waals surface area contributed by atoms with Gasteiger partial charge >= 0.3 is 0 Å². The second-order valence-corrected chi connectivity index (χ2v) is 5.37. The number of carbonyl (C=O) groups is 2. The lowest BCUT2D eigenvalue weighted by Crippen LogP contribution is -2.36. The summed E-state index contributed by atoms with van der Waals surface area (Å²) in [6, 6.07) is 12.1. The first-order chi connectivity index (χ1) is 10.1. The summed E-state index contributed by atoms with van der Waals surface area (Å²) in [6.07, 6.45) is 1.68. The maximum Gasteiger partial charge on any atom is 0.258 e. The van der Waals surface area contributed by atoms with Gasteiger partial charge in [-0.25, -0.2) is 0 Å². The van der Waals surface area contributed by atoms with Gasteiger partial charge in [0.05, 0.1) is 10.0 Å². The van der Waals surface area contributed by atoms with Crippen molar-refractivity contribution in [3.63, 3.8) is 0 Å². The van der Waals surface area contributed by atoms with Crippen molar-refractivity contribution in [1.29, 1.82) is 0 Å². The van der Waals surface area contributed by atoms with E-state index in [0.717, 1.165) is 5.56 Å². The summed E-state index contributed by atoms with van der Waals surface area (Å²) in [6.45, 7) is 0. The highest BCUT2D eigenvalue weighted by atomic mass is 35.5. The molecule has 0 saturated carbocycles. The maximum absolute atomic E-state index is 12.1. The Balaban J connectivity index is 2.14. The average molecular weight is 318 g/mol. The highest BCUT2D eigenvalue weighted by Gasteiger charge is 2.26. The van der Waals surface area contributed by atoms with Gasteiger partial charge in [-0.2, -0.15) is 0 Å². The van der Waals surface area contributed by atoms with Crippen LogP contribution in [0.1, 0.15) is 21.5 Å². The molecular formula is C16H9Cl2NO2. The molecule has 2 aromatic rings. The number of rotatable bonds is 1. The third-order valence-corrected chi connectivity index (χ3v) is 3.93. The standard InChI is InChI=1S/C16H9Cl2NO2/c17-13-6-5-9(8-14(13)18)7-12-10-3-1-2-4-11(10)15(20)19-16(12)21/h1-8H,(H,19,20,21)/b12-7+. The molecule has 21 heavy (non-hydrogen) atoms. The molecule has 0 saturated heterocycles. The Kier molecular flexibility index (Phi) is 3.53. The Labute approximate surface area is 131 Å². The SMILES string of the molecule is O=C1NC(=O)c2ccccc2/C1=C\c1ccc(Cl)c(Cl)c1. The molecule has 0 bridgehead atoms. The minimum atomic E-state index is -0.426. The molecule has 0 radical (unpaired) electrons. The van der Waals surface area contributed by atoms with Crippen molar-refractivity contribution in [3.05, 3.63) is 69.2 Å². The van der Waals surface area contributed by atoms with Gasteiger partial charge in [0.25, 0.3) is 11.8 Å². The van der Waals surface area contributed by atoms with Gasteiger partial charge in [0.1, 0.15) is 0 Å². The molecule has 0 atom stereocenters. The van der Waals surface area contributed by atoms with E-state index in [4.69, 9.17) is 23.2 Å². The van der Waals surface area contributed by atoms with E-state index in [1.807, 2.05) is 0 Å². The monoisotopic (exact) mass is 317 g/mol. The summed E-state index contributed by atoms with van der Waals surface area (Å²) in [7, 11) is 0. The van der Waals surface area contributed by atoms with E-state index >= 15 is 0 Å². The Bertz CT molecular complexity index is 797. The van der Waals surface area contributed by atoms with Crippen molar-refractivity contribution >= 4 is 46.7 Å². The second kappa shape index (κ2) is 5.35. The molecular weight excluding hydrogens is 309 g/mol. The molecule has 0 spiro atoms. The number of halogens is 2. The van der Waals surface area contributed by atoms with Crippen molar-refractivity contribution in [1.82, 2.24) is 5.32 Å². The van der Waals surface area contributed by atoms with Crippen LogP contribution in [0.5, 0.6) is 0 Å². The molecule has 1 heterocycles. The predicted molar refractivity (Wildman–Crippen MR) is 83.2 cm³/mol. The molecule has 0 aromatic heterocycles. The van der Waals surface area contributed by atoms with E-state index in [2.05, 4.69) is 5.32 Å². The topological polar surface area (TPSA) is 46.2 Å². The van der Waals surface area contributed by atoms with Gasteiger partial charge in [-0.05, 0) is 35.4 Å². The Hall–Kier alpha value is -2.10. The number of hydrogen-bond acceptors (Lipinski definition) is 2. The summed E-state index contributed by atoms with van der Waals surface area (Å²) in [5.74, 6) is -0.813. The number of imide groups is 1. The van der Waals surface area contributed by atoms with Crippen LogP contribution in [0.15, 0.2) is 42.5 Å². The molecule has 1 aliphatic rings. The van der Waals surface area contributed by atoms with E-state index in [0.29, 0.717) is 26.7 Å². The second-order valence-electron chi connectivity index (χ2n) is 4.56. The van der Waals surface area contributed by atoms with Crippen LogP contribution >= 0.6 is 23.2 Å². The van der Waals surface area contributed by atoms with Gasteiger partial charge in [-0.1, -0.05) is 47.5 Å². The first kappa shape index (κ1) is 13.9. The molecule has 104 valence electrons. The zero-order valence-electron chi connectivity index (χ0n) is 10.7. The molecule has 3 nitrogen and oxygen atoms in total. The normalized spacial score (nSPS) is 15.8. The van der Waals surface area contributed by atoms with Crippen LogP contribution in [-0.2, 0) is 4.79 Å². The highest BCUT2D eigenvalue weighted by Crippen LogP contribution is 2.28. The molecule has 1 aliphatic heterocycles. The van der Waals surface area contributed by atoms with Crippen LogP contribution in [0.4, 0.5) is 0 Å². The largest absolute Gasteiger partial charge is 0.288 e. The molecule has 0 aliphatic carbocycles. The number of amides is 2. The number of nitrogens with one attached hydrogen (secondary N) is 1. The summed E-state index contributed by atoms with van der Waals surface area (Å²) in [4.78, 5) is 23.9. The Morgan fingerprint density at radius 3 is 2.29 bits per heavy atom. The lowest BCUT2D eigenvalue weighted by molar-refractivity contribution is -0.114. The van der Waals surface area contributed by atoms with Crippen LogP contribution in [0.3, 0.4) is 0 Å². The van der Waals surface area contributed by atoms with Crippen LogP contribution in [0.25, 0.3) is 11.6 Å². The van der Waals surface area contributed by atoms with Crippen LogP contribution in [0, 0.1) is 0 Å². The van der Waals surface area contributed by atoms with Crippen molar-refractivity contribution in [3.8, 4) is 0 Å². The third-order valence-electron chi connectivity index (χ3n) is 3.19. The molecule has 2 amide bonds. The van der Waals surface area contributed by atoms with Gasteiger partial charge in [0, 0.05) is 11.1 Å². The van der Waals surface area contributed by atoms with Crippen LogP contribution < -0.4 is 5.32 Å². The zero-order valence-corrected chi connectivity index (χ0v) is 12.2. The Morgan fingerprint density at radius 1 is 0.857 bits per heavy atom.